The van der Waals surface area contributed by atoms with E-state index >= 15 is 0 Å². The minimum Gasteiger partial charge on any atom is -0.444 e. The van der Waals surface area contributed by atoms with Crippen LogP contribution in [0, 0.1) is 0 Å². The van der Waals surface area contributed by atoms with E-state index in [4.69, 9.17) is 4.74 Å². The van der Waals surface area contributed by atoms with Gasteiger partial charge in [0.2, 0.25) is 0 Å². The van der Waals surface area contributed by atoms with Crippen molar-refractivity contribution in [3.8, 4) is 0 Å². The number of carbonyl (C=O) groups excluding carboxylic acids is 1. The number of rotatable bonds is 2. The molecule has 0 aromatic rings. The SMILES string of the molecule is C[C@H]1C[C@H](OS(=O)(=O)C(F)(F)F)CN1C(=O)OC(C)(C)C. The molecule has 124 valence electrons. The van der Waals surface area contributed by atoms with Crippen molar-refractivity contribution in [3.05, 3.63) is 0 Å². The predicted octanol–water partition coefficient (Wildman–Crippen LogP) is 2.25. The van der Waals surface area contributed by atoms with E-state index in [9.17, 15) is 26.4 Å². The monoisotopic (exact) mass is 333 g/mol. The number of hydrogen-bond acceptors (Lipinski definition) is 5. The van der Waals surface area contributed by atoms with Gasteiger partial charge in [-0.25, -0.2) is 4.79 Å². The smallest absolute Gasteiger partial charge is 0.444 e. The lowest BCUT2D eigenvalue weighted by molar-refractivity contribution is -0.0570. The molecule has 0 bridgehead atoms. The Labute approximate surface area is 121 Å². The molecule has 0 aromatic heterocycles. The first kappa shape index (κ1) is 18.0. The van der Waals surface area contributed by atoms with E-state index in [0.717, 1.165) is 4.90 Å². The quantitative estimate of drug-likeness (QED) is 0.572. The molecule has 1 rings (SSSR count). The van der Waals surface area contributed by atoms with Crippen LogP contribution in [-0.2, 0) is 19.0 Å². The molecular formula is C11H18F3NO5S. The number of alkyl halides is 3. The molecule has 1 amide bonds. The molecular weight excluding hydrogens is 315 g/mol. The van der Waals surface area contributed by atoms with E-state index in [0.29, 0.717) is 0 Å². The van der Waals surface area contributed by atoms with E-state index < -0.39 is 39.5 Å². The standard InChI is InChI=1S/C11H18F3NO5S/c1-7-5-8(20-21(17,18)11(12,13)14)6-15(7)9(16)19-10(2,3)4/h7-8H,5-6H2,1-4H3/t7-,8-/m0/s1. The molecule has 0 radical (unpaired) electrons. The fourth-order valence-electron chi connectivity index (χ4n) is 1.86. The first-order valence-corrected chi connectivity index (χ1v) is 7.63. The molecule has 1 aliphatic rings. The highest BCUT2D eigenvalue weighted by Gasteiger charge is 2.50. The van der Waals surface area contributed by atoms with Crippen molar-refractivity contribution >= 4 is 16.2 Å². The third-order valence-electron chi connectivity index (χ3n) is 2.71. The highest BCUT2D eigenvalue weighted by Crippen LogP contribution is 2.30. The number of ether oxygens (including phenoxy) is 1. The molecule has 10 heteroatoms. The summed E-state index contributed by atoms with van der Waals surface area (Å²) in [5.41, 5.74) is -6.23. The number of halogens is 3. The van der Waals surface area contributed by atoms with Crippen LogP contribution >= 0.6 is 0 Å². The van der Waals surface area contributed by atoms with Crippen LogP contribution < -0.4 is 0 Å². The molecule has 1 fully saturated rings. The van der Waals surface area contributed by atoms with Gasteiger partial charge in [0.15, 0.2) is 0 Å². The van der Waals surface area contributed by atoms with Crippen LogP contribution in [0.5, 0.6) is 0 Å². The van der Waals surface area contributed by atoms with Crippen molar-refractivity contribution in [1.82, 2.24) is 4.90 Å². The molecule has 0 N–H and O–H groups in total. The largest absolute Gasteiger partial charge is 0.523 e. The first-order valence-electron chi connectivity index (χ1n) is 6.22. The number of amides is 1. The van der Waals surface area contributed by atoms with E-state index in [2.05, 4.69) is 4.18 Å². The van der Waals surface area contributed by atoms with Crippen molar-refractivity contribution in [2.24, 2.45) is 0 Å². The fraction of sp³-hybridized carbons (Fsp3) is 0.909. The second-order valence-electron chi connectivity index (χ2n) is 5.84. The Morgan fingerprint density at radius 2 is 1.76 bits per heavy atom. The summed E-state index contributed by atoms with van der Waals surface area (Å²) < 4.78 is 67.8. The first-order chi connectivity index (χ1) is 9.23. The van der Waals surface area contributed by atoms with Crippen molar-refractivity contribution in [3.63, 3.8) is 0 Å². The normalized spacial score (nSPS) is 24.2. The minimum absolute atomic E-state index is 0.0193. The average Bonchev–Trinajstić information content (AvgIpc) is 2.54. The van der Waals surface area contributed by atoms with Gasteiger partial charge in [-0.3, -0.25) is 4.18 Å². The minimum atomic E-state index is -5.67. The topological polar surface area (TPSA) is 72.9 Å². The molecule has 1 saturated heterocycles. The summed E-state index contributed by atoms with van der Waals surface area (Å²) in [4.78, 5) is 13.0. The highest BCUT2D eigenvalue weighted by atomic mass is 32.2. The summed E-state index contributed by atoms with van der Waals surface area (Å²) >= 11 is 0. The second-order valence-corrected chi connectivity index (χ2v) is 7.40. The zero-order chi connectivity index (χ0) is 16.6. The lowest BCUT2D eigenvalue weighted by atomic mass is 10.2. The highest BCUT2D eigenvalue weighted by molar-refractivity contribution is 7.87. The number of nitrogens with zero attached hydrogens (tertiary/aromatic N) is 1. The summed E-state index contributed by atoms with van der Waals surface area (Å²) in [6, 6.07) is -0.478. The summed E-state index contributed by atoms with van der Waals surface area (Å²) in [5.74, 6) is 0. The van der Waals surface area contributed by atoms with E-state index in [1.165, 1.54) is 0 Å². The maximum atomic E-state index is 12.2. The molecule has 0 aliphatic carbocycles. The Morgan fingerprint density at radius 1 is 1.24 bits per heavy atom. The number of likely N-dealkylation sites (tertiary alicyclic amines) is 1. The van der Waals surface area contributed by atoms with E-state index in [1.807, 2.05) is 0 Å². The molecule has 1 heterocycles. The molecule has 6 nitrogen and oxygen atoms in total. The van der Waals surface area contributed by atoms with E-state index in [-0.39, 0.29) is 13.0 Å². The van der Waals surface area contributed by atoms with Gasteiger partial charge in [0, 0.05) is 6.04 Å². The van der Waals surface area contributed by atoms with Crippen LogP contribution in [0.4, 0.5) is 18.0 Å². The van der Waals surface area contributed by atoms with Gasteiger partial charge in [-0.2, -0.15) is 21.6 Å². The van der Waals surface area contributed by atoms with Gasteiger partial charge < -0.3 is 9.64 Å². The molecule has 0 unspecified atom stereocenters. The molecule has 0 spiro atoms. The maximum Gasteiger partial charge on any atom is 0.523 e. The molecule has 2 atom stereocenters. The molecule has 0 aromatic carbocycles. The van der Waals surface area contributed by atoms with Crippen molar-refractivity contribution in [2.45, 2.75) is 57.4 Å². The zero-order valence-corrected chi connectivity index (χ0v) is 12.9. The summed E-state index contributed by atoms with van der Waals surface area (Å²) in [7, 11) is -5.67. The molecule has 0 saturated carbocycles. The Kier molecular flexibility index (Phi) is 4.84. The van der Waals surface area contributed by atoms with Gasteiger partial charge in [0.05, 0.1) is 12.6 Å². The van der Waals surface area contributed by atoms with Crippen molar-refractivity contribution in [2.75, 3.05) is 6.54 Å². The van der Waals surface area contributed by atoms with Crippen LogP contribution in [0.15, 0.2) is 0 Å². The zero-order valence-electron chi connectivity index (χ0n) is 12.1. The van der Waals surface area contributed by atoms with Crippen molar-refractivity contribution in [1.29, 1.82) is 0 Å². The average molecular weight is 333 g/mol. The fourth-order valence-corrected chi connectivity index (χ4v) is 2.47. The number of hydrogen-bond donors (Lipinski definition) is 0. The van der Waals surface area contributed by atoms with Crippen LogP contribution in [-0.4, -0.2) is 49.2 Å². The van der Waals surface area contributed by atoms with Crippen LogP contribution in [0.2, 0.25) is 0 Å². The van der Waals surface area contributed by atoms with Gasteiger partial charge in [0.1, 0.15) is 5.60 Å². The molecule has 21 heavy (non-hydrogen) atoms. The Hall–Kier alpha value is -1.03. The van der Waals surface area contributed by atoms with E-state index in [1.54, 1.807) is 27.7 Å². The third kappa shape index (κ3) is 4.73. The lowest BCUT2D eigenvalue weighted by Crippen LogP contribution is -2.39. The Balaban J connectivity index is 2.72. The van der Waals surface area contributed by atoms with Crippen LogP contribution in [0.3, 0.4) is 0 Å². The summed E-state index contributed by atoms with van der Waals surface area (Å²) in [5, 5.41) is 0. The van der Waals surface area contributed by atoms with Gasteiger partial charge in [-0.15, -0.1) is 0 Å². The molecule has 1 aliphatic heterocycles. The van der Waals surface area contributed by atoms with Crippen LogP contribution in [0.25, 0.3) is 0 Å². The van der Waals surface area contributed by atoms with Gasteiger partial charge in [0.25, 0.3) is 0 Å². The Bertz CT molecular complexity index is 497. The number of carbonyl (C=O) groups is 1. The third-order valence-corrected chi connectivity index (χ3v) is 3.80. The van der Waals surface area contributed by atoms with Gasteiger partial charge >= 0.3 is 21.7 Å². The van der Waals surface area contributed by atoms with Crippen molar-refractivity contribution < 1.29 is 35.3 Å². The summed E-state index contributed by atoms with van der Waals surface area (Å²) in [6.45, 7) is 6.24. The summed E-state index contributed by atoms with van der Waals surface area (Å²) in [6.07, 6.45) is -1.97. The predicted molar refractivity (Wildman–Crippen MR) is 66.9 cm³/mol. The van der Waals surface area contributed by atoms with Gasteiger partial charge in [-0.1, -0.05) is 0 Å². The second kappa shape index (κ2) is 5.64. The Morgan fingerprint density at radius 3 is 2.19 bits per heavy atom. The maximum absolute atomic E-state index is 12.2. The van der Waals surface area contributed by atoms with Gasteiger partial charge in [-0.05, 0) is 34.1 Å². The van der Waals surface area contributed by atoms with Crippen LogP contribution in [0.1, 0.15) is 34.1 Å². The lowest BCUT2D eigenvalue weighted by Gasteiger charge is -2.26.